The van der Waals surface area contributed by atoms with Crippen LogP contribution in [0.2, 0.25) is 0 Å². The van der Waals surface area contributed by atoms with E-state index in [1.165, 1.54) is 17.8 Å². The van der Waals surface area contributed by atoms with Crippen LogP contribution in [0.25, 0.3) is 0 Å². The summed E-state index contributed by atoms with van der Waals surface area (Å²) in [6.07, 6.45) is 8.11. The molecule has 0 radical (unpaired) electrons. The topological polar surface area (TPSA) is 96.0 Å². The Bertz CT molecular complexity index is 1170. The average molecular weight is 558 g/mol. The van der Waals surface area contributed by atoms with Crippen molar-refractivity contribution in [2.24, 2.45) is 0 Å². The molecular formula is C30H43N3O5S. The van der Waals surface area contributed by atoms with Crippen LogP contribution in [0.5, 0.6) is 5.75 Å². The Morgan fingerprint density at radius 2 is 1.67 bits per heavy atom. The highest BCUT2D eigenvalue weighted by Gasteiger charge is 2.30. The summed E-state index contributed by atoms with van der Waals surface area (Å²) in [6.45, 7) is 2.48. The molecule has 0 aromatic heterocycles. The lowest BCUT2D eigenvalue weighted by Crippen LogP contribution is -2.52. The lowest BCUT2D eigenvalue weighted by Gasteiger charge is -2.33. The molecule has 0 heterocycles. The Morgan fingerprint density at radius 3 is 2.31 bits per heavy atom. The van der Waals surface area contributed by atoms with E-state index in [2.05, 4.69) is 5.32 Å². The molecule has 1 N–H and O–H groups in total. The predicted molar refractivity (Wildman–Crippen MR) is 155 cm³/mol. The Labute approximate surface area is 233 Å². The third-order valence-electron chi connectivity index (χ3n) is 7.33. The van der Waals surface area contributed by atoms with Gasteiger partial charge in [0.05, 0.1) is 19.1 Å². The van der Waals surface area contributed by atoms with Crippen molar-refractivity contribution in [3.05, 3.63) is 60.2 Å². The molecular weight excluding hydrogens is 514 g/mol. The minimum absolute atomic E-state index is 0.0994. The quantitative estimate of drug-likeness (QED) is 0.368. The predicted octanol–water partition coefficient (Wildman–Crippen LogP) is 4.54. The van der Waals surface area contributed by atoms with E-state index in [0.29, 0.717) is 37.2 Å². The van der Waals surface area contributed by atoms with E-state index < -0.39 is 16.1 Å². The molecule has 214 valence electrons. The zero-order chi connectivity index (χ0) is 28.3. The highest BCUT2D eigenvalue weighted by molar-refractivity contribution is 7.92. The maximum atomic E-state index is 13.6. The minimum atomic E-state index is -3.60. The van der Waals surface area contributed by atoms with Gasteiger partial charge < -0.3 is 15.0 Å². The summed E-state index contributed by atoms with van der Waals surface area (Å²) >= 11 is 0. The van der Waals surface area contributed by atoms with Crippen LogP contribution in [0, 0.1) is 0 Å². The number of hydrogen-bond donors (Lipinski definition) is 1. The number of carbonyl (C=O) groups is 2. The molecule has 0 bridgehead atoms. The molecule has 8 nitrogen and oxygen atoms in total. The molecule has 2 aromatic rings. The van der Waals surface area contributed by atoms with Crippen LogP contribution >= 0.6 is 0 Å². The molecule has 39 heavy (non-hydrogen) atoms. The molecule has 1 saturated carbocycles. The SMILES string of the molecule is CCC(C(=O)NC1CCCCC1)N(CCc1ccccc1)C(=O)CCCN(c1ccccc1OC)S(C)(=O)=O. The van der Waals surface area contributed by atoms with Crippen molar-refractivity contribution in [1.29, 1.82) is 0 Å². The van der Waals surface area contributed by atoms with Gasteiger partial charge in [-0.3, -0.25) is 13.9 Å². The Kier molecular flexibility index (Phi) is 11.7. The summed E-state index contributed by atoms with van der Waals surface area (Å²) in [6, 6.07) is 16.4. The van der Waals surface area contributed by atoms with Gasteiger partial charge in [0.1, 0.15) is 11.8 Å². The third-order valence-corrected chi connectivity index (χ3v) is 8.51. The zero-order valence-electron chi connectivity index (χ0n) is 23.5. The van der Waals surface area contributed by atoms with Crippen LogP contribution < -0.4 is 14.4 Å². The van der Waals surface area contributed by atoms with Crippen molar-refractivity contribution in [2.45, 2.75) is 76.8 Å². The van der Waals surface area contributed by atoms with Gasteiger partial charge in [-0.15, -0.1) is 0 Å². The number of amides is 2. The van der Waals surface area contributed by atoms with Crippen molar-refractivity contribution in [3.8, 4) is 5.75 Å². The normalized spacial score (nSPS) is 14.8. The van der Waals surface area contributed by atoms with Crippen molar-refractivity contribution in [1.82, 2.24) is 10.2 Å². The molecule has 9 heteroatoms. The van der Waals surface area contributed by atoms with Crippen LogP contribution in [0.4, 0.5) is 5.69 Å². The largest absolute Gasteiger partial charge is 0.495 e. The second kappa shape index (κ2) is 14.9. The van der Waals surface area contributed by atoms with E-state index in [-0.39, 0.29) is 30.8 Å². The number of nitrogens with one attached hydrogen (secondary N) is 1. The lowest BCUT2D eigenvalue weighted by molar-refractivity contribution is -0.141. The molecule has 0 saturated heterocycles. The molecule has 3 rings (SSSR count). The fraction of sp³-hybridized carbons (Fsp3) is 0.533. The smallest absolute Gasteiger partial charge is 0.243 e. The fourth-order valence-electron chi connectivity index (χ4n) is 5.26. The monoisotopic (exact) mass is 557 g/mol. The Balaban J connectivity index is 1.73. The van der Waals surface area contributed by atoms with E-state index in [1.807, 2.05) is 37.3 Å². The molecule has 2 amide bonds. The second-order valence-electron chi connectivity index (χ2n) is 10.2. The van der Waals surface area contributed by atoms with Gasteiger partial charge in [0.25, 0.3) is 0 Å². The number of benzene rings is 2. The number of para-hydroxylation sites is 2. The number of sulfonamides is 1. The fourth-order valence-corrected chi connectivity index (χ4v) is 6.23. The van der Waals surface area contributed by atoms with Gasteiger partial charge in [0.15, 0.2) is 0 Å². The molecule has 1 atom stereocenters. The van der Waals surface area contributed by atoms with Crippen molar-refractivity contribution in [3.63, 3.8) is 0 Å². The van der Waals surface area contributed by atoms with Crippen LogP contribution in [-0.4, -0.2) is 63.7 Å². The molecule has 2 aromatic carbocycles. The van der Waals surface area contributed by atoms with E-state index in [1.54, 1.807) is 29.2 Å². The number of rotatable bonds is 14. The molecule has 1 aliphatic rings. The number of hydrogen-bond acceptors (Lipinski definition) is 5. The van der Waals surface area contributed by atoms with Crippen LogP contribution in [0.1, 0.15) is 63.9 Å². The standard InChI is InChI=1S/C30H43N3O5S/c1-4-26(30(35)31-25-16-9-6-10-17-25)32(23-21-24-14-7-5-8-15-24)29(34)20-13-22-33(39(3,36)37)27-18-11-12-19-28(27)38-2/h5,7-8,11-12,14-15,18-19,25-26H,4,6,9-10,13,16-17,20-23H2,1-3H3,(H,31,35). The molecule has 0 aliphatic heterocycles. The van der Waals surface area contributed by atoms with Crippen molar-refractivity contribution in [2.75, 3.05) is 30.8 Å². The van der Waals surface area contributed by atoms with Crippen LogP contribution in [-0.2, 0) is 26.0 Å². The van der Waals surface area contributed by atoms with E-state index in [0.717, 1.165) is 37.5 Å². The van der Waals surface area contributed by atoms with Crippen LogP contribution in [0.15, 0.2) is 54.6 Å². The minimum Gasteiger partial charge on any atom is -0.495 e. The van der Waals surface area contributed by atoms with Gasteiger partial charge in [-0.2, -0.15) is 0 Å². The van der Waals surface area contributed by atoms with Crippen LogP contribution in [0.3, 0.4) is 0 Å². The highest BCUT2D eigenvalue weighted by atomic mass is 32.2. The first-order valence-corrected chi connectivity index (χ1v) is 15.8. The van der Waals surface area contributed by atoms with Gasteiger partial charge in [0.2, 0.25) is 21.8 Å². The number of methoxy groups -OCH3 is 1. The van der Waals surface area contributed by atoms with Crippen molar-refractivity contribution >= 4 is 27.5 Å². The number of nitrogens with zero attached hydrogens (tertiary/aromatic N) is 2. The van der Waals surface area contributed by atoms with E-state index in [4.69, 9.17) is 4.74 Å². The van der Waals surface area contributed by atoms with Gasteiger partial charge in [0, 0.05) is 25.6 Å². The van der Waals surface area contributed by atoms with Gasteiger partial charge in [-0.25, -0.2) is 8.42 Å². The number of ether oxygens (including phenoxy) is 1. The zero-order valence-corrected chi connectivity index (χ0v) is 24.3. The number of carbonyl (C=O) groups excluding carboxylic acids is 2. The summed E-state index contributed by atoms with van der Waals surface area (Å²) < 4.78 is 31.9. The van der Waals surface area contributed by atoms with Gasteiger partial charge >= 0.3 is 0 Å². The maximum absolute atomic E-state index is 13.6. The van der Waals surface area contributed by atoms with E-state index >= 15 is 0 Å². The van der Waals surface area contributed by atoms with E-state index in [9.17, 15) is 18.0 Å². The summed E-state index contributed by atoms with van der Waals surface area (Å²) in [4.78, 5) is 28.7. The maximum Gasteiger partial charge on any atom is 0.243 e. The number of anilines is 1. The Morgan fingerprint density at radius 1 is 1.00 bits per heavy atom. The molecule has 1 unspecified atom stereocenters. The average Bonchev–Trinajstić information content (AvgIpc) is 2.93. The lowest BCUT2D eigenvalue weighted by atomic mass is 9.95. The first-order chi connectivity index (χ1) is 18.7. The first kappa shape index (κ1) is 30.5. The first-order valence-electron chi connectivity index (χ1n) is 14.0. The third kappa shape index (κ3) is 8.98. The Hall–Kier alpha value is -3.07. The molecule has 1 fully saturated rings. The second-order valence-corrected chi connectivity index (χ2v) is 12.1. The van der Waals surface area contributed by atoms with Gasteiger partial charge in [-0.05, 0) is 49.8 Å². The highest BCUT2D eigenvalue weighted by Crippen LogP contribution is 2.30. The summed E-state index contributed by atoms with van der Waals surface area (Å²) in [7, 11) is -2.10. The summed E-state index contributed by atoms with van der Waals surface area (Å²) in [5.74, 6) is 0.201. The molecule has 1 aliphatic carbocycles. The van der Waals surface area contributed by atoms with Gasteiger partial charge in [-0.1, -0.05) is 68.7 Å². The van der Waals surface area contributed by atoms with Crippen molar-refractivity contribution < 1.29 is 22.7 Å². The summed E-state index contributed by atoms with van der Waals surface area (Å²) in [5.41, 5.74) is 1.53. The molecule has 0 spiro atoms. The summed E-state index contributed by atoms with van der Waals surface area (Å²) in [5, 5.41) is 3.20.